The third-order valence-electron chi connectivity index (χ3n) is 7.67. The van der Waals surface area contributed by atoms with Crippen LogP contribution in [0, 0.1) is 6.92 Å². The summed E-state index contributed by atoms with van der Waals surface area (Å²) in [7, 11) is 0.311. The van der Waals surface area contributed by atoms with Crippen LogP contribution >= 0.6 is 7.26 Å². The van der Waals surface area contributed by atoms with Crippen molar-refractivity contribution in [2.45, 2.75) is 6.92 Å². The summed E-state index contributed by atoms with van der Waals surface area (Å²) < 4.78 is 2.33. The molecule has 2 heteroatoms. The Morgan fingerprint density at radius 3 is 1.83 bits per heavy atom. The van der Waals surface area contributed by atoms with Gasteiger partial charge in [0, 0.05) is 28.5 Å². The van der Waals surface area contributed by atoms with Crippen molar-refractivity contribution in [3.63, 3.8) is 0 Å². The molecule has 1 heterocycles. The van der Waals surface area contributed by atoms with Gasteiger partial charge in [0.1, 0.15) is 30.2 Å². The number of benzene rings is 5. The molecule has 174 valence electrons. The maximum absolute atomic E-state index is 2.48. The average Bonchev–Trinajstić information content (AvgIpc) is 2.94. The van der Waals surface area contributed by atoms with E-state index in [0.717, 1.165) is 0 Å². The topological polar surface area (TPSA) is 3.88 Å². The average molecular weight is 484 g/mol. The molecule has 0 unspecified atom stereocenters. The molecule has 0 atom stereocenters. The number of rotatable bonds is 4. The van der Waals surface area contributed by atoms with E-state index in [9.17, 15) is 0 Å². The summed E-state index contributed by atoms with van der Waals surface area (Å²) in [4.78, 5) is 0. The molecule has 0 radical (unpaired) electrons. The fraction of sp³-hybridized carbons (Fsp3) is 0.0882. The Morgan fingerprint density at radius 1 is 0.556 bits per heavy atom. The molecule has 0 amide bonds. The number of hydrogen-bond donors (Lipinski definition) is 0. The minimum absolute atomic E-state index is 1.24. The molecule has 1 aromatic heterocycles. The second-order valence-corrected chi connectivity index (χ2v) is 13.2. The van der Waals surface area contributed by atoms with Crippen molar-refractivity contribution in [2.75, 3.05) is 6.66 Å². The molecule has 5 aromatic carbocycles. The monoisotopic (exact) mass is 483 g/mol. The lowest BCUT2D eigenvalue weighted by Gasteiger charge is -2.25. The number of aryl methyl sites for hydroxylation is 2. The largest absolute Gasteiger partial charge is 0.213 e. The summed E-state index contributed by atoms with van der Waals surface area (Å²) in [6.07, 6.45) is 0. The second-order valence-electron chi connectivity index (χ2n) is 9.63. The van der Waals surface area contributed by atoms with Crippen LogP contribution < -0.4 is 20.5 Å². The van der Waals surface area contributed by atoms with E-state index in [4.69, 9.17) is 0 Å². The highest BCUT2D eigenvalue weighted by atomic mass is 31.2. The summed E-state index contributed by atoms with van der Waals surface area (Å²) in [6.45, 7) is 4.78. The zero-order valence-corrected chi connectivity index (χ0v) is 21.9. The third-order valence-corrected chi connectivity index (χ3v) is 11.7. The van der Waals surface area contributed by atoms with Gasteiger partial charge in [0.2, 0.25) is 11.2 Å². The molecule has 36 heavy (non-hydrogen) atoms. The van der Waals surface area contributed by atoms with Crippen LogP contribution in [-0.4, -0.2) is 6.66 Å². The van der Waals surface area contributed by atoms with Crippen LogP contribution in [0.25, 0.3) is 32.9 Å². The Labute approximate surface area is 214 Å². The number of fused-ring (bicyclic) bond motifs is 2. The van der Waals surface area contributed by atoms with E-state index >= 15 is 0 Å². The molecule has 6 rings (SSSR count). The van der Waals surface area contributed by atoms with Crippen molar-refractivity contribution in [2.24, 2.45) is 7.05 Å². The zero-order valence-electron chi connectivity index (χ0n) is 21.0. The van der Waals surface area contributed by atoms with Gasteiger partial charge in [0.15, 0.2) is 0 Å². The molecule has 0 N–H and O–H groups in total. The summed E-state index contributed by atoms with van der Waals surface area (Å²) >= 11 is 0. The fourth-order valence-electron chi connectivity index (χ4n) is 5.68. The van der Waals surface area contributed by atoms with Crippen LogP contribution in [0.4, 0.5) is 0 Å². The molecule has 0 aliphatic heterocycles. The van der Waals surface area contributed by atoms with E-state index in [1.54, 1.807) is 0 Å². The van der Waals surface area contributed by atoms with Crippen molar-refractivity contribution >= 4 is 44.9 Å². The number of nitrogens with zero attached hydrogens (tertiary/aromatic N) is 1. The van der Waals surface area contributed by atoms with Crippen molar-refractivity contribution < 1.29 is 4.57 Å². The summed E-state index contributed by atoms with van der Waals surface area (Å²) in [5, 5.41) is 8.20. The summed E-state index contributed by atoms with van der Waals surface area (Å²) in [5.74, 6) is 0. The predicted octanol–water partition coefficient (Wildman–Crippen LogP) is 6.72. The summed E-state index contributed by atoms with van der Waals surface area (Å²) in [5.41, 5.74) is 5.11. The van der Waals surface area contributed by atoms with Crippen LogP contribution in [0.2, 0.25) is 0 Å². The van der Waals surface area contributed by atoms with Gasteiger partial charge in [-0.1, -0.05) is 66.7 Å². The maximum atomic E-state index is 2.48. The first-order valence-corrected chi connectivity index (χ1v) is 14.7. The Bertz CT molecular complexity index is 1670. The van der Waals surface area contributed by atoms with Gasteiger partial charge in [-0.15, -0.1) is 0 Å². The third kappa shape index (κ3) is 3.55. The van der Waals surface area contributed by atoms with E-state index in [0.29, 0.717) is 0 Å². The van der Waals surface area contributed by atoms with Gasteiger partial charge in [-0.2, -0.15) is 4.57 Å². The number of para-hydroxylation sites is 1. The van der Waals surface area contributed by atoms with Gasteiger partial charge < -0.3 is 0 Å². The first-order chi connectivity index (χ1) is 17.6. The first kappa shape index (κ1) is 22.7. The minimum Gasteiger partial charge on any atom is -0.194 e. The van der Waals surface area contributed by atoms with E-state index in [-0.39, 0.29) is 0 Å². The lowest BCUT2D eigenvalue weighted by Crippen LogP contribution is -2.32. The quantitative estimate of drug-likeness (QED) is 0.194. The van der Waals surface area contributed by atoms with Gasteiger partial charge in [-0.3, -0.25) is 0 Å². The van der Waals surface area contributed by atoms with Gasteiger partial charge in [-0.05, 0) is 66.4 Å². The van der Waals surface area contributed by atoms with E-state index < -0.39 is 7.26 Å². The SMILES string of the molecule is Cc1c(-c2ccc3ccccc3[n+]2C)ccc2cccc([P+](C)(c3ccccc3)c3ccccc3)c12. The van der Waals surface area contributed by atoms with E-state index in [1.165, 1.54) is 54.4 Å². The van der Waals surface area contributed by atoms with Crippen molar-refractivity contribution in [3.8, 4) is 11.3 Å². The Balaban J connectivity index is 1.67. The predicted molar refractivity (Wildman–Crippen MR) is 157 cm³/mol. The van der Waals surface area contributed by atoms with Gasteiger partial charge in [0.25, 0.3) is 0 Å². The molecule has 0 aliphatic carbocycles. The standard InChI is InChI=1S/C34H30NP/c1-25-30(32-24-22-26-13-10-11-19-31(26)35(32)2)23-21-27-14-12-20-33(34(25)27)36(3,28-15-6-4-7-16-28)29-17-8-5-9-18-29/h4-24H,1-3H3/q+2. The minimum atomic E-state index is -1.87. The molecule has 0 fully saturated rings. The Hall–Kier alpha value is -3.80. The van der Waals surface area contributed by atoms with E-state index in [2.05, 4.69) is 153 Å². The van der Waals surface area contributed by atoms with Crippen LogP contribution in [0.1, 0.15) is 5.56 Å². The maximum Gasteiger partial charge on any atom is 0.213 e. The molecule has 0 saturated carbocycles. The van der Waals surface area contributed by atoms with Gasteiger partial charge in [-0.25, -0.2) is 0 Å². The fourth-order valence-corrected chi connectivity index (χ4v) is 9.20. The van der Waals surface area contributed by atoms with Gasteiger partial charge in [0.05, 0.1) is 6.66 Å². The molecule has 6 aromatic rings. The van der Waals surface area contributed by atoms with Crippen molar-refractivity contribution in [1.82, 2.24) is 0 Å². The lowest BCUT2D eigenvalue weighted by atomic mass is 9.97. The lowest BCUT2D eigenvalue weighted by molar-refractivity contribution is -0.633. The molecule has 0 bridgehead atoms. The smallest absolute Gasteiger partial charge is 0.194 e. The molecule has 0 saturated heterocycles. The van der Waals surface area contributed by atoms with Gasteiger partial charge >= 0.3 is 0 Å². The highest BCUT2D eigenvalue weighted by Gasteiger charge is 2.41. The summed E-state index contributed by atoms with van der Waals surface area (Å²) in [6, 6.07) is 46.7. The van der Waals surface area contributed by atoms with Crippen LogP contribution in [0.3, 0.4) is 0 Å². The number of aromatic nitrogens is 1. The zero-order chi connectivity index (χ0) is 24.7. The molecular formula is C34H30NP+2. The van der Waals surface area contributed by atoms with Crippen molar-refractivity contribution in [3.05, 3.63) is 133 Å². The number of pyridine rings is 1. The second kappa shape index (κ2) is 9.01. The van der Waals surface area contributed by atoms with Crippen molar-refractivity contribution in [1.29, 1.82) is 0 Å². The first-order valence-electron chi connectivity index (χ1n) is 12.5. The Kier molecular flexibility index (Phi) is 5.67. The molecule has 0 aliphatic rings. The molecular weight excluding hydrogens is 453 g/mol. The highest BCUT2D eigenvalue weighted by molar-refractivity contribution is 7.95. The molecule has 1 nitrogen and oxygen atoms in total. The highest BCUT2D eigenvalue weighted by Crippen LogP contribution is 2.53. The van der Waals surface area contributed by atoms with Crippen LogP contribution in [0.15, 0.2) is 127 Å². The number of hydrogen-bond acceptors (Lipinski definition) is 0. The van der Waals surface area contributed by atoms with Crippen LogP contribution in [-0.2, 0) is 7.05 Å². The Morgan fingerprint density at radius 2 is 1.14 bits per heavy atom. The van der Waals surface area contributed by atoms with E-state index in [1.807, 2.05) is 0 Å². The van der Waals surface area contributed by atoms with Crippen LogP contribution in [0.5, 0.6) is 0 Å². The normalized spacial score (nSPS) is 11.8. The molecule has 0 spiro atoms.